The molecule has 0 aromatic heterocycles. The van der Waals surface area contributed by atoms with Crippen molar-refractivity contribution in [2.75, 3.05) is 40.9 Å². The van der Waals surface area contributed by atoms with Gasteiger partial charge in [0.2, 0.25) is 10.0 Å². The van der Waals surface area contributed by atoms with Crippen molar-refractivity contribution in [2.24, 2.45) is 5.92 Å². The molecule has 1 N–H and O–H groups in total. The van der Waals surface area contributed by atoms with Crippen molar-refractivity contribution in [1.82, 2.24) is 9.21 Å². The lowest BCUT2D eigenvalue weighted by molar-refractivity contribution is 0.0812. The molecule has 2 aromatic carbocycles. The standard InChI is InChI=1S/C25H32N2O5S/c1-18-15-27(19(2)17-28)33(29,30)25-13-11-20(14-23(25)32-24(18)16-26(3)4)10-12-21-8-6-7-9-22(21)31-5/h6-9,11,13-14,18-19,24,28H,15-17H2,1-5H3/t18-,19+,24+/m1/s1. The van der Waals surface area contributed by atoms with Crippen LogP contribution in [0.1, 0.15) is 25.0 Å². The number of rotatable bonds is 5. The van der Waals surface area contributed by atoms with Gasteiger partial charge in [0.1, 0.15) is 22.5 Å². The molecule has 2 aromatic rings. The molecule has 1 heterocycles. The fourth-order valence-corrected chi connectivity index (χ4v) is 5.59. The van der Waals surface area contributed by atoms with Crippen LogP contribution >= 0.6 is 0 Å². The van der Waals surface area contributed by atoms with Crippen LogP contribution in [-0.2, 0) is 10.0 Å². The lowest BCUT2D eigenvalue weighted by Crippen LogP contribution is -2.49. The predicted molar refractivity (Wildman–Crippen MR) is 128 cm³/mol. The number of aliphatic hydroxyl groups excluding tert-OH is 1. The van der Waals surface area contributed by atoms with Crippen molar-refractivity contribution in [3.8, 4) is 23.3 Å². The van der Waals surface area contributed by atoms with Crippen LogP contribution in [0, 0.1) is 17.8 Å². The van der Waals surface area contributed by atoms with Crippen LogP contribution in [-0.4, -0.2) is 75.8 Å². The summed E-state index contributed by atoms with van der Waals surface area (Å²) in [7, 11) is 1.63. The number of hydrogen-bond donors (Lipinski definition) is 1. The number of hydrogen-bond acceptors (Lipinski definition) is 6. The van der Waals surface area contributed by atoms with Crippen LogP contribution in [0.5, 0.6) is 11.5 Å². The molecule has 0 amide bonds. The lowest BCUT2D eigenvalue weighted by atomic mass is 10.0. The van der Waals surface area contributed by atoms with Crippen LogP contribution in [0.25, 0.3) is 0 Å². The van der Waals surface area contributed by atoms with Crippen molar-refractivity contribution < 1.29 is 23.0 Å². The van der Waals surface area contributed by atoms with Crippen molar-refractivity contribution >= 4 is 10.0 Å². The molecule has 0 bridgehead atoms. The second-order valence-electron chi connectivity index (χ2n) is 8.61. The van der Waals surface area contributed by atoms with Crippen LogP contribution in [0.2, 0.25) is 0 Å². The maximum Gasteiger partial charge on any atom is 0.247 e. The minimum atomic E-state index is -3.87. The van der Waals surface area contributed by atoms with Crippen molar-refractivity contribution in [3.05, 3.63) is 53.6 Å². The first-order chi connectivity index (χ1) is 15.7. The fraction of sp³-hybridized carbons (Fsp3) is 0.440. The summed E-state index contributed by atoms with van der Waals surface area (Å²) < 4.78 is 40.0. The second-order valence-corrected chi connectivity index (χ2v) is 10.5. The first-order valence-corrected chi connectivity index (χ1v) is 12.3. The smallest absolute Gasteiger partial charge is 0.247 e. The predicted octanol–water partition coefficient (Wildman–Crippen LogP) is 2.43. The summed E-state index contributed by atoms with van der Waals surface area (Å²) in [5.74, 6) is 7.04. The Kier molecular flexibility index (Phi) is 8.03. The molecule has 3 atom stereocenters. The van der Waals surface area contributed by atoms with E-state index in [4.69, 9.17) is 9.47 Å². The maximum absolute atomic E-state index is 13.5. The number of fused-ring (bicyclic) bond motifs is 1. The zero-order chi connectivity index (χ0) is 24.2. The van der Waals surface area contributed by atoms with Gasteiger partial charge in [-0.05, 0) is 51.4 Å². The van der Waals surface area contributed by atoms with Gasteiger partial charge >= 0.3 is 0 Å². The molecule has 178 valence electrons. The van der Waals surface area contributed by atoms with Gasteiger partial charge in [0.25, 0.3) is 0 Å². The van der Waals surface area contributed by atoms with Gasteiger partial charge in [-0.3, -0.25) is 0 Å². The molecular formula is C25H32N2O5S. The highest BCUT2D eigenvalue weighted by Crippen LogP contribution is 2.34. The van der Waals surface area contributed by atoms with Crippen molar-refractivity contribution in [3.63, 3.8) is 0 Å². The summed E-state index contributed by atoms with van der Waals surface area (Å²) in [6.45, 7) is 4.30. The number of likely N-dealkylation sites (N-methyl/N-ethyl adjacent to an activating group) is 1. The minimum Gasteiger partial charge on any atom is -0.495 e. The lowest BCUT2D eigenvalue weighted by Gasteiger charge is -2.37. The molecule has 8 heteroatoms. The zero-order valence-corrected chi connectivity index (χ0v) is 20.6. The third-order valence-corrected chi connectivity index (χ3v) is 7.68. The van der Waals surface area contributed by atoms with Crippen molar-refractivity contribution in [1.29, 1.82) is 0 Å². The minimum absolute atomic E-state index is 0.0845. The number of para-hydroxylation sites is 1. The van der Waals surface area contributed by atoms with Gasteiger partial charge in [0, 0.05) is 30.6 Å². The molecule has 0 saturated carbocycles. The van der Waals surface area contributed by atoms with Crippen LogP contribution in [0.4, 0.5) is 0 Å². The SMILES string of the molecule is COc1ccccc1C#Cc1ccc2c(c1)O[C@@H](CN(C)C)[C@H](C)CN([C@@H](C)CO)S2(=O)=O. The zero-order valence-electron chi connectivity index (χ0n) is 19.8. The summed E-state index contributed by atoms with van der Waals surface area (Å²) >= 11 is 0. The molecule has 0 fully saturated rings. The Labute approximate surface area is 197 Å². The van der Waals surface area contributed by atoms with Crippen LogP contribution in [0.3, 0.4) is 0 Å². The van der Waals surface area contributed by atoms with Gasteiger partial charge < -0.3 is 19.5 Å². The summed E-state index contributed by atoms with van der Waals surface area (Å²) in [4.78, 5) is 2.10. The Morgan fingerprint density at radius 1 is 1.24 bits per heavy atom. The molecule has 1 aliphatic heterocycles. The first kappa shape index (κ1) is 25.1. The van der Waals surface area contributed by atoms with Crippen molar-refractivity contribution in [2.45, 2.75) is 30.9 Å². The Morgan fingerprint density at radius 2 is 1.97 bits per heavy atom. The number of methoxy groups -OCH3 is 1. The average Bonchev–Trinajstić information content (AvgIpc) is 2.79. The Bertz CT molecular complexity index is 1140. The van der Waals surface area contributed by atoms with E-state index in [0.29, 0.717) is 17.9 Å². The van der Waals surface area contributed by atoms with Gasteiger partial charge in [-0.2, -0.15) is 4.31 Å². The topological polar surface area (TPSA) is 79.3 Å². The van der Waals surface area contributed by atoms with E-state index in [-0.39, 0.29) is 35.8 Å². The van der Waals surface area contributed by atoms with E-state index >= 15 is 0 Å². The third kappa shape index (κ3) is 5.68. The summed E-state index contributed by atoms with van der Waals surface area (Å²) in [5, 5.41) is 9.72. The number of nitrogens with zero attached hydrogens (tertiary/aromatic N) is 2. The maximum atomic E-state index is 13.5. The highest BCUT2D eigenvalue weighted by Gasteiger charge is 2.37. The van der Waals surface area contributed by atoms with Gasteiger partial charge in [-0.25, -0.2) is 8.42 Å². The third-order valence-electron chi connectivity index (χ3n) is 5.66. The number of sulfonamides is 1. The molecule has 33 heavy (non-hydrogen) atoms. The molecule has 0 unspecified atom stereocenters. The quantitative estimate of drug-likeness (QED) is 0.674. The molecule has 0 aliphatic carbocycles. The Morgan fingerprint density at radius 3 is 2.64 bits per heavy atom. The highest BCUT2D eigenvalue weighted by atomic mass is 32.2. The van der Waals surface area contributed by atoms with Gasteiger partial charge in [-0.1, -0.05) is 30.9 Å². The summed E-state index contributed by atoms with van der Waals surface area (Å²) in [6, 6.07) is 11.8. The van der Waals surface area contributed by atoms with Gasteiger partial charge in [0.15, 0.2) is 0 Å². The van der Waals surface area contributed by atoms with Crippen LogP contribution in [0.15, 0.2) is 47.4 Å². The molecule has 7 nitrogen and oxygen atoms in total. The number of ether oxygens (including phenoxy) is 2. The molecule has 0 radical (unpaired) electrons. The highest BCUT2D eigenvalue weighted by molar-refractivity contribution is 7.89. The first-order valence-electron chi connectivity index (χ1n) is 10.9. The summed E-state index contributed by atoms with van der Waals surface area (Å²) in [6.07, 6.45) is -0.236. The van der Waals surface area contributed by atoms with Gasteiger partial charge in [0.05, 0.1) is 19.3 Å². The molecule has 3 rings (SSSR count). The number of aliphatic hydroxyl groups is 1. The fourth-order valence-electron chi connectivity index (χ4n) is 3.77. The summed E-state index contributed by atoms with van der Waals surface area (Å²) in [5.41, 5.74) is 1.37. The van der Waals surface area contributed by atoms with E-state index in [1.165, 1.54) is 10.4 Å². The number of benzene rings is 2. The average molecular weight is 473 g/mol. The molecule has 0 spiro atoms. The van der Waals surface area contributed by atoms with E-state index in [0.717, 1.165) is 5.56 Å². The Balaban J connectivity index is 2.09. The largest absolute Gasteiger partial charge is 0.495 e. The second kappa shape index (κ2) is 10.6. The van der Waals surface area contributed by atoms with Crippen LogP contribution < -0.4 is 9.47 Å². The molecule has 0 saturated heterocycles. The molecular weight excluding hydrogens is 440 g/mol. The monoisotopic (exact) mass is 472 g/mol. The van der Waals surface area contributed by atoms with E-state index in [1.54, 1.807) is 26.2 Å². The van der Waals surface area contributed by atoms with E-state index < -0.39 is 16.1 Å². The van der Waals surface area contributed by atoms with E-state index in [1.807, 2.05) is 50.2 Å². The normalized spacial score (nSPS) is 21.1. The molecule has 1 aliphatic rings. The Hall–Kier alpha value is -2.57. The van der Waals surface area contributed by atoms with Gasteiger partial charge in [-0.15, -0.1) is 0 Å². The van der Waals surface area contributed by atoms with E-state index in [9.17, 15) is 13.5 Å². The van der Waals surface area contributed by atoms with E-state index in [2.05, 4.69) is 11.8 Å².